The van der Waals surface area contributed by atoms with Crippen LogP contribution in [-0.4, -0.2) is 45.4 Å². The Morgan fingerprint density at radius 1 is 0.833 bits per heavy atom. The van der Waals surface area contributed by atoms with Crippen molar-refractivity contribution >= 4 is 0 Å². The number of hydrogen-bond acceptors (Lipinski definition) is 5. The van der Waals surface area contributed by atoms with Gasteiger partial charge in [-0.3, -0.25) is 0 Å². The fraction of sp³-hybridized carbons (Fsp3) is 1.00. The Kier molecular flexibility index (Phi) is 16.1. The van der Waals surface area contributed by atoms with Gasteiger partial charge in [0.1, 0.15) is 0 Å². The zero-order chi connectivity index (χ0) is 18.1. The highest BCUT2D eigenvalue weighted by Crippen LogP contribution is 2.30. The molecule has 0 saturated heterocycles. The number of nitrogens with two attached hydrogens (primary N) is 1. The van der Waals surface area contributed by atoms with Gasteiger partial charge in [-0.05, 0) is 27.2 Å². The van der Waals surface area contributed by atoms with E-state index < -0.39 is 5.97 Å². The van der Waals surface area contributed by atoms with Gasteiger partial charge in [0.25, 0.3) is 5.97 Å². The summed E-state index contributed by atoms with van der Waals surface area (Å²) in [6.45, 7) is 12.2. The molecule has 1 atom stereocenters. The van der Waals surface area contributed by atoms with Crippen molar-refractivity contribution in [1.29, 1.82) is 0 Å². The van der Waals surface area contributed by atoms with Gasteiger partial charge in [0.15, 0.2) is 0 Å². The van der Waals surface area contributed by atoms with Crippen molar-refractivity contribution < 1.29 is 14.2 Å². The van der Waals surface area contributed by atoms with E-state index >= 15 is 0 Å². The summed E-state index contributed by atoms with van der Waals surface area (Å²) in [6.07, 6.45) is 8.73. The van der Waals surface area contributed by atoms with Crippen LogP contribution in [0.4, 0.5) is 0 Å². The largest absolute Gasteiger partial charge is 0.329 e. The molecule has 0 aromatic rings. The quantitative estimate of drug-likeness (QED) is 0.293. The molecule has 0 aliphatic carbocycles. The lowest BCUT2D eigenvalue weighted by Gasteiger charge is -2.39. The minimum atomic E-state index is -0.941. The van der Waals surface area contributed by atoms with Gasteiger partial charge < -0.3 is 25.3 Å². The standard InChI is InChI=1S/C19H42N2O3/c1-5-9-10-11-12-13-14-18(17-21-16-15-20)19(22-6-2,23-7-3)24-8-4/h18,21H,5-17,20H2,1-4H3. The Morgan fingerprint density at radius 2 is 1.38 bits per heavy atom. The Balaban J connectivity index is 4.74. The highest BCUT2D eigenvalue weighted by molar-refractivity contribution is 4.75. The second-order valence-corrected chi connectivity index (χ2v) is 6.15. The van der Waals surface area contributed by atoms with Crippen molar-refractivity contribution in [3.05, 3.63) is 0 Å². The monoisotopic (exact) mass is 346 g/mol. The first-order valence-corrected chi connectivity index (χ1v) is 10.0. The van der Waals surface area contributed by atoms with E-state index in [1.165, 1.54) is 38.5 Å². The molecule has 0 bridgehead atoms. The molecule has 1 unspecified atom stereocenters. The van der Waals surface area contributed by atoms with Gasteiger partial charge in [-0.2, -0.15) is 0 Å². The maximum atomic E-state index is 5.98. The molecule has 0 saturated carbocycles. The van der Waals surface area contributed by atoms with Crippen LogP contribution in [0.15, 0.2) is 0 Å². The normalized spacial score (nSPS) is 13.4. The predicted molar refractivity (Wildman–Crippen MR) is 101 cm³/mol. The minimum Gasteiger partial charge on any atom is -0.329 e. The molecular weight excluding hydrogens is 304 g/mol. The molecule has 0 fully saturated rings. The number of ether oxygens (including phenoxy) is 3. The summed E-state index contributed by atoms with van der Waals surface area (Å²) in [7, 11) is 0. The van der Waals surface area contributed by atoms with E-state index in [9.17, 15) is 0 Å². The van der Waals surface area contributed by atoms with Crippen LogP contribution in [0.2, 0.25) is 0 Å². The third-order valence-electron chi connectivity index (χ3n) is 4.15. The first-order chi connectivity index (χ1) is 11.7. The fourth-order valence-corrected chi connectivity index (χ4v) is 3.04. The van der Waals surface area contributed by atoms with Crippen LogP contribution >= 0.6 is 0 Å². The first-order valence-electron chi connectivity index (χ1n) is 10.0. The molecule has 0 spiro atoms. The van der Waals surface area contributed by atoms with Crippen molar-refractivity contribution in [3.8, 4) is 0 Å². The number of rotatable bonds is 18. The fourth-order valence-electron chi connectivity index (χ4n) is 3.04. The first kappa shape index (κ1) is 23.8. The Hall–Kier alpha value is -0.200. The van der Waals surface area contributed by atoms with Gasteiger partial charge in [0.05, 0.1) is 5.92 Å². The van der Waals surface area contributed by atoms with Gasteiger partial charge in [0.2, 0.25) is 0 Å². The van der Waals surface area contributed by atoms with Crippen LogP contribution < -0.4 is 11.1 Å². The summed E-state index contributed by atoms with van der Waals surface area (Å²) in [4.78, 5) is 0. The second-order valence-electron chi connectivity index (χ2n) is 6.15. The molecule has 146 valence electrons. The Morgan fingerprint density at radius 3 is 1.88 bits per heavy atom. The van der Waals surface area contributed by atoms with Gasteiger partial charge in [-0.1, -0.05) is 45.4 Å². The minimum absolute atomic E-state index is 0.162. The summed E-state index contributed by atoms with van der Waals surface area (Å²) < 4.78 is 17.9. The molecule has 0 amide bonds. The maximum absolute atomic E-state index is 5.98. The Bertz CT molecular complexity index is 248. The summed E-state index contributed by atoms with van der Waals surface area (Å²) in [6, 6.07) is 0. The van der Waals surface area contributed by atoms with E-state index in [4.69, 9.17) is 19.9 Å². The van der Waals surface area contributed by atoms with E-state index in [2.05, 4.69) is 12.2 Å². The zero-order valence-corrected chi connectivity index (χ0v) is 16.6. The van der Waals surface area contributed by atoms with Crippen molar-refractivity contribution in [2.45, 2.75) is 78.6 Å². The number of hydrogen-bond donors (Lipinski definition) is 2. The summed E-state index contributed by atoms with van der Waals surface area (Å²) in [5.74, 6) is -0.779. The average Bonchev–Trinajstić information content (AvgIpc) is 2.57. The highest BCUT2D eigenvalue weighted by Gasteiger charge is 2.41. The van der Waals surface area contributed by atoms with Crippen LogP contribution in [-0.2, 0) is 14.2 Å². The molecule has 3 N–H and O–H groups in total. The molecule has 24 heavy (non-hydrogen) atoms. The van der Waals surface area contributed by atoms with E-state index in [1.807, 2.05) is 20.8 Å². The summed E-state index contributed by atoms with van der Waals surface area (Å²) >= 11 is 0. The summed E-state index contributed by atoms with van der Waals surface area (Å²) in [5, 5.41) is 3.41. The van der Waals surface area contributed by atoms with Crippen LogP contribution in [0.1, 0.15) is 72.6 Å². The number of unbranched alkanes of at least 4 members (excludes halogenated alkanes) is 5. The van der Waals surface area contributed by atoms with E-state index in [1.54, 1.807) is 0 Å². The molecule has 0 aromatic heterocycles. The van der Waals surface area contributed by atoms with Crippen LogP contribution in [0, 0.1) is 5.92 Å². The van der Waals surface area contributed by atoms with Crippen LogP contribution in [0.3, 0.4) is 0 Å². The molecule has 5 heteroatoms. The van der Waals surface area contributed by atoms with E-state index in [0.717, 1.165) is 19.5 Å². The van der Waals surface area contributed by atoms with Crippen molar-refractivity contribution in [3.63, 3.8) is 0 Å². The highest BCUT2D eigenvalue weighted by atomic mass is 16.9. The second kappa shape index (κ2) is 16.3. The lowest BCUT2D eigenvalue weighted by atomic mass is 9.97. The smallest absolute Gasteiger partial charge is 0.287 e. The van der Waals surface area contributed by atoms with Crippen molar-refractivity contribution in [1.82, 2.24) is 5.32 Å². The summed E-state index contributed by atoms with van der Waals surface area (Å²) in [5.41, 5.74) is 5.61. The molecule has 5 nitrogen and oxygen atoms in total. The lowest BCUT2D eigenvalue weighted by Crippen LogP contribution is -2.50. The molecule has 0 heterocycles. The molecule has 0 aliphatic heterocycles. The predicted octanol–water partition coefficient (Wildman–Crippen LogP) is 3.66. The van der Waals surface area contributed by atoms with Crippen molar-refractivity contribution in [2.24, 2.45) is 11.7 Å². The van der Waals surface area contributed by atoms with Crippen molar-refractivity contribution in [2.75, 3.05) is 39.5 Å². The molecule has 0 radical (unpaired) electrons. The van der Waals surface area contributed by atoms with E-state index in [-0.39, 0.29) is 5.92 Å². The molecule has 0 aromatic carbocycles. The third-order valence-corrected chi connectivity index (χ3v) is 4.15. The van der Waals surface area contributed by atoms with Gasteiger partial charge in [-0.15, -0.1) is 0 Å². The molecular formula is C19H42N2O3. The maximum Gasteiger partial charge on any atom is 0.287 e. The SMILES string of the molecule is CCCCCCCCC(CNCCN)C(OCC)(OCC)OCC. The van der Waals surface area contributed by atoms with Crippen LogP contribution in [0.25, 0.3) is 0 Å². The average molecular weight is 347 g/mol. The van der Waals surface area contributed by atoms with Gasteiger partial charge in [-0.25, -0.2) is 0 Å². The molecule has 0 rings (SSSR count). The molecule has 0 aliphatic rings. The third kappa shape index (κ3) is 9.94. The topological polar surface area (TPSA) is 65.7 Å². The Labute approximate surface area is 150 Å². The van der Waals surface area contributed by atoms with Crippen LogP contribution in [0.5, 0.6) is 0 Å². The number of nitrogens with one attached hydrogen (secondary N) is 1. The van der Waals surface area contributed by atoms with Gasteiger partial charge in [0, 0.05) is 39.5 Å². The van der Waals surface area contributed by atoms with E-state index in [0.29, 0.717) is 26.4 Å². The lowest BCUT2D eigenvalue weighted by molar-refractivity contribution is -0.401. The zero-order valence-electron chi connectivity index (χ0n) is 16.6. The van der Waals surface area contributed by atoms with Gasteiger partial charge >= 0.3 is 0 Å².